The second-order valence-corrected chi connectivity index (χ2v) is 6.40. The lowest BCUT2D eigenvalue weighted by Gasteiger charge is -2.24. The molecule has 0 fully saturated rings. The van der Waals surface area contributed by atoms with Crippen LogP contribution in [0.4, 0.5) is 0 Å². The van der Waals surface area contributed by atoms with Crippen LogP contribution in [-0.2, 0) is 19.5 Å². The largest absolute Gasteiger partial charge is 0.311 e. The normalized spacial score (nSPS) is 13.0. The molecule has 0 aliphatic heterocycles. The Bertz CT molecular complexity index is 508. The van der Waals surface area contributed by atoms with Crippen molar-refractivity contribution in [3.05, 3.63) is 34.3 Å². The molecule has 2 rings (SSSR count). The van der Waals surface area contributed by atoms with E-state index in [9.17, 15) is 0 Å². The zero-order chi connectivity index (χ0) is 15.1. The summed E-state index contributed by atoms with van der Waals surface area (Å²) in [4.78, 5) is 3.83. The minimum Gasteiger partial charge on any atom is -0.311 e. The highest BCUT2D eigenvalue weighted by Crippen LogP contribution is 2.13. The molecular weight excluding hydrogens is 282 g/mol. The van der Waals surface area contributed by atoms with Crippen molar-refractivity contribution in [3.8, 4) is 0 Å². The van der Waals surface area contributed by atoms with E-state index in [1.807, 2.05) is 22.2 Å². The van der Waals surface area contributed by atoms with Gasteiger partial charge in [0.25, 0.3) is 0 Å². The molecule has 0 bridgehead atoms. The van der Waals surface area contributed by atoms with Crippen molar-refractivity contribution < 1.29 is 0 Å². The van der Waals surface area contributed by atoms with Gasteiger partial charge in [0.1, 0.15) is 0 Å². The number of hydrogen-bond donors (Lipinski definition) is 1. The van der Waals surface area contributed by atoms with E-state index in [0.717, 1.165) is 38.3 Å². The third kappa shape index (κ3) is 5.22. The second-order valence-electron chi connectivity index (χ2n) is 5.37. The average Bonchev–Trinajstić information content (AvgIpc) is 3.14. The Morgan fingerprint density at radius 3 is 3.05 bits per heavy atom. The molecule has 0 aliphatic carbocycles. The maximum absolute atomic E-state index is 4.18. The van der Waals surface area contributed by atoms with Crippen molar-refractivity contribution in [2.45, 2.75) is 39.4 Å². The monoisotopic (exact) mass is 307 g/mol. The summed E-state index contributed by atoms with van der Waals surface area (Å²) in [7, 11) is 2.18. The van der Waals surface area contributed by atoms with Crippen LogP contribution in [0.3, 0.4) is 0 Å². The molecule has 2 aromatic rings. The lowest BCUT2D eigenvalue weighted by atomic mass is 10.2. The first kappa shape index (κ1) is 16.1. The number of thiophene rings is 1. The summed E-state index contributed by atoms with van der Waals surface area (Å²) in [6, 6.07) is 4.86. The summed E-state index contributed by atoms with van der Waals surface area (Å²) >= 11 is 1.83. The van der Waals surface area contributed by atoms with Gasteiger partial charge in [-0.1, -0.05) is 18.2 Å². The van der Waals surface area contributed by atoms with Gasteiger partial charge in [0.15, 0.2) is 0 Å². The van der Waals surface area contributed by atoms with Crippen molar-refractivity contribution in [2.75, 3.05) is 20.1 Å². The van der Waals surface area contributed by atoms with E-state index in [-0.39, 0.29) is 0 Å². The molecule has 1 atom stereocenters. The van der Waals surface area contributed by atoms with Gasteiger partial charge in [0, 0.05) is 30.2 Å². The van der Waals surface area contributed by atoms with Crippen LogP contribution in [0.1, 0.15) is 24.4 Å². The van der Waals surface area contributed by atoms with Crippen LogP contribution in [-0.4, -0.2) is 46.1 Å². The Balaban J connectivity index is 1.75. The van der Waals surface area contributed by atoms with E-state index in [1.165, 1.54) is 4.88 Å². The second kappa shape index (κ2) is 8.26. The maximum Gasteiger partial charge on any atom is 0.0964 e. The number of likely N-dealkylation sites (N-methyl/N-ethyl adjacent to an activating group) is 1. The van der Waals surface area contributed by atoms with Crippen LogP contribution in [0, 0.1) is 0 Å². The van der Waals surface area contributed by atoms with Gasteiger partial charge >= 0.3 is 0 Å². The molecule has 1 N–H and O–H groups in total. The predicted molar refractivity (Wildman–Crippen MR) is 87.5 cm³/mol. The first-order chi connectivity index (χ1) is 10.2. The maximum atomic E-state index is 4.18. The summed E-state index contributed by atoms with van der Waals surface area (Å²) in [5.74, 6) is 0. The van der Waals surface area contributed by atoms with Crippen LogP contribution < -0.4 is 5.32 Å². The van der Waals surface area contributed by atoms with E-state index in [0.29, 0.717) is 6.04 Å². The average molecular weight is 307 g/mol. The summed E-state index contributed by atoms with van der Waals surface area (Å²) < 4.78 is 1.93. The molecule has 0 radical (unpaired) electrons. The molecule has 0 aromatic carbocycles. The molecule has 1 unspecified atom stereocenters. The highest BCUT2D eigenvalue weighted by atomic mass is 32.1. The molecule has 0 saturated carbocycles. The highest BCUT2D eigenvalue weighted by molar-refractivity contribution is 7.09. The fourth-order valence-corrected chi connectivity index (χ4v) is 2.96. The molecule has 0 amide bonds. The van der Waals surface area contributed by atoms with E-state index in [1.54, 1.807) is 0 Å². The lowest BCUT2D eigenvalue weighted by molar-refractivity contribution is 0.243. The third-order valence-corrected chi connectivity index (χ3v) is 4.55. The molecule has 2 heterocycles. The number of rotatable bonds is 9. The summed E-state index contributed by atoms with van der Waals surface area (Å²) in [5.41, 5.74) is 1.01. The van der Waals surface area contributed by atoms with Gasteiger partial charge in [-0.2, -0.15) is 0 Å². The molecule has 2 aromatic heterocycles. The summed E-state index contributed by atoms with van der Waals surface area (Å²) in [6.45, 7) is 7.98. The van der Waals surface area contributed by atoms with Crippen LogP contribution in [0.15, 0.2) is 23.7 Å². The Labute approximate surface area is 131 Å². The third-order valence-electron chi connectivity index (χ3n) is 3.65. The molecular formula is C15H25N5S. The van der Waals surface area contributed by atoms with Crippen molar-refractivity contribution >= 4 is 11.3 Å². The molecule has 116 valence electrons. The number of hydrogen-bond acceptors (Lipinski definition) is 5. The van der Waals surface area contributed by atoms with Gasteiger partial charge in [-0.15, -0.1) is 16.4 Å². The Hall–Kier alpha value is -1.24. The van der Waals surface area contributed by atoms with E-state index < -0.39 is 0 Å². The Morgan fingerprint density at radius 2 is 2.33 bits per heavy atom. The van der Waals surface area contributed by atoms with Gasteiger partial charge in [0.05, 0.1) is 12.2 Å². The van der Waals surface area contributed by atoms with Gasteiger partial charge in [-0.25, -0.2) is 0 Å². The number of aromatic nitrogens is 3. The van der Waals surface area contributed by atoms with Crippen molar-refractivity contribution in [1.82, 2.24) is 25.2 Å². The molecule has 21 heavy (non-hydrogen) atoms. The fraction of sp³-hybridized carbons (Fsp3) is 0.600. The fourth-order valence-electron chi connectivity index (χ4n) is 2.14. The standard InChI is InChI=1S/C15H25N5S/c1-4-16-11-14-12-20(18-17-14)8-7-19(3)13(2)10-15-6-5-9-21-15/h5-6,9,12-13,16H,4,7-8,10-11H2,1-3H3. The molecule has 6 heteroatoms. The summed E-state index contributed by atoms with van der Waals surface area (Å²) in [5, 5.41) is 13.8. The van der Waals surface area contributed by atoms with Crippen molar-refractivity contribution in [1.29, 1.82) is 0 Å². The van der Waals surface area contributed by atoms with Crippen LogP contribution in [0.25, 0.3) is 0 Å². The Morgan fingerprint density at radius 1 is 1.48 bits per heavy atom. The van der Waals surface area contributed by atoms with Crippen LogP contribution >= 0.6 is 11.3 Å². The van der Waals surface area contributed by atoms with Gasteiger partial charge in [-0.3, -0.25) is 4.68 Å². The predicted octanol–water partition coefficient (Wildman–Crippen LogP) is 2.01. The van der Waals surface area contributed by atoms with E-state index in [4.69, 9.17) is 0 Å². The zero-order valence-corrected chi connectivity index (χ0v) is 13.9. The van der Waals surface area contributed by atoms with Gasteiger partial charge in [-0.05, 0) is 38.4 Å². The lowest BCUT2D eigenvalue weighted by Crippen LogP contribution is -2.33. The summed E-state index contributed by atoms with van der Waals surface area (Å²) in [6.07, 6.45) is 3.14. The molecule has 5 nitrogen and oxygen atoms in total. The SMILES string of the molecule is CCNCc1cn(CCN(C)C(C)Cc2cccs2)nn1. The van der Waals surface area contributed by atoms with Crippen LogP contribution in [0.5, 0.6) is 0 Å². The van der Waals surface area contributed by atoms with E-state index in [2.05, 4.69) is 58.9 Å². The first-order valence-electron chi connectivity index (χ1n) is 7.51. The quantitative estimate of drug-likeness (QED) is 0.770. The molecule has 0 aliphatic rings. The van der Waals surface area contributed by atoms with E-state index >= 15 is 0 Å². The van der Waals surface area contributed by atoms with Gasteiger partial charge in [0.2, 0.25) is 0 Å². The van der Waals surface area contributed by atoms with Gasteiger partial charge < -0.3 is 10.2 Å². The minimum atomic E-state index is 0.536. The molecule has 0 saturated heterocycles. The highest BCUT2D eigenvalue weighted by Gasteiger charge is 2.11. The molecule has 0 spiro atoms. The topological polar surface area (TPSA) is 46.0 Å². The Kier molecular flexibility index (Phi) is 6.35. The number of nitrogens with zero attached hydrogens (tertiary/aromatic N) is 4. The number of nitrogens with one attached hydrogen (secondary N) is 1. The zero-order valence-electron chi connectivity index (χ0n) is 13.1. The minimum absolute atomic E-state index is 0.536. The van der Waals surface area contributed by atoms with Crippen LogP contribution in [0.2, 0.25) is 0 Å². The first-order valence-corrected chi connectivity index (χ1v) is 8.39. The van der Waals surface area contributed by atoms with Crippen molar-refractivity contribution in [2.24, 2.45) is 0 Å². The smallest absolute Gasteiger partial charge is 0.0964 e. The van der Waals surface area contributed by atoms with Crippen molar-refractivity contribution in [3.63, 3.8) is 0 Å².